The van der Waals surface area contributed by atoms with Crippen molar-refractivity contribution in [3.05, 3.63) is 16.1 Å². The van der Waals surface area contributed by atoms with Gasteiger partial charge in [0, 0.05) is 24.4 Å². The molecule has 0 saturated heterocycles. The molecule has 7 nitrogen and oxygen atoms in total. The fourth-order valence-electron chi connectivity index (χ4n) is 2.55. The van der Waals surface area contributed by atoms with Crippen LogP contribution in [0.2, 0.25) is 0 Å². The predicted molar refractivity (Wildman–Crippen MR) is 114 cm³/mol. The van der Waals surface area contributed by atoms with Gasteiger partial charge in [-0.1, -0.05) is 36.4 Å². The summed E-state index contributed by atoms with van der Waals surface area (Å²) in [5, 5.41) is 11.2. The van der Waals surface area contributed by atoms with E-state index in [-0.39, 0.29) is 29.9 Å². The van der Waals surface area contributed by atoms with Gasteiger partial charge < -0.3 is 14.6 Å². The number of carboxylic acids is 1. The number of hydrogen-bond acceptors (Lipinski definition) is 6. The van der Waals surface area contributed by atoms with Crippen LogP contribution in [0.1, 0.15) is 69.6 Å². The normalized spacial score (nSPS) is 14.1. The average Bonchev–Trinajstić information content (AvgIpc) is 3.02. The average molecular weight is 512 g/mol. The summed E-state index contributed by atoms with van der Waals surface area (Å²) >= 11 is 3.42. The van der Waals surface area contributed by atoms with Crippen molar-refractivity contribution in [1.29, 1.82) is 0 Å². The van der Waals surface area contributed by atoms with E-state index in [2.05, 4.69) is 27.6 Å². The Morgan fingerprint density at radius 3 is 2.41 bits per heavy atom. The Morgan fingerprint density at radius 1 is 1.37 bits per heavy atom. The second-order valence-electron chi connectivity index (χ2n) is 7.44. The van der Waals surface area contributed by atoms with Gasteiger partial charge in [-0.25, -0.2) is 14.6 Å². The van der Waals surface area contributed by atoms with Gasteiger partial charge in [0.1, 0.15) is 16.7 Å². The number of aromatic carboxylic acids is 1. The Morgan fingerprint density at radius 2 is 2.00 bits per heavy atom. The summed E-state index contributed by atoms with van der Waals surface area (Å²) in [7, 11) is 0. The van der Waals surface area contributed by atoms with Gasteiger partial charge in [-0.3, -0.25) is 4.90 Å². The van der Waals surface area contributed by atoms with E-state index in [4.69, 9.17) is 14.6 Å². The molecule has 154 valence electrons. The Kier molecular flexibility index (Phi) is 9.43. The number of carbonyl (C=O) groups is 2. The van der Waals surface area contributed by atoms with E-state index in [0.717, 1.165) is 0 Å². The van der Waals surface area contributed by atoms with Crippen molar-refractivity contribution in [3.8, 4) is 0 Å². The fraction of sp³-hybridized carbons (Fsp3) is 0.722. The van der Waals surface area contributed by atoms with Crippen molar-refractivity contribution >= 4 is 46.0 Å². The number of rotatable bonds is 9. The Balaban J connectivity index is 3.07. The second kappa shape index (κ2) is 10.6. The number of thiazole rings is 1. The maximum absolute atomic E-state index is 12.7. The summed E-state index contributed by atoms with van der Waals surface area (Å²) < 4.78 is 11.9. The van der Waals surface area contributed by atoms with Crippen LogP contribution >= 0.6 is 33.9 Å². The van der Waals surface area contributed by atoms with Crippen molar-refractivity contribution in [1.82, 2.24) is 9.88 Å². The van der Waals surface area contributed by atoms with Crippen molar-refractivity contribution < 1.29 is 24.2 Å². The van der Waals surface area contributed by atoms with Crippen molar-refractivity contribution in [2.24, 2.45) is 5.92 Å². The lowest BCUT2D eigenvalue weighted by atomic mass is 9.96. The van der Waals surface area contributed by atoms with Crippen molar-refractivity contribution in [2.45, 2.75) is 65.7 Å². The third-order valence-corrected chi connectivity index (χ3v) is 5.44. The van der Waals surface area contributed by atoms with Crippen LogP contribution in [-0.2, 0) is 9.47 Å². The number of hydrogen-bond donors (Lipinski definition) is 1. The van der Waals surface area contributed by atoms with Crippen LogP contribution in [0.4, 0.5) is 4.79 Å². The minimum absolute atomic E-state index is 0.0127. The molecule has 1 aromatic rings. The predicted octanol–water partition coefficient (Wildman–Crippen LogP) is 4.96. The van der Waals surface area contributed by atoms with E-state index in [1.807, 2.05) is 41.5 Å². The third-order valence-electron chi connectivity index (χ3n) is 3.77. The molecule has 0 aliphatic heterocycles. The van der Waals surface area contributed by atoms with Crippen LogP contribution in [0.25, 0.3) is 0 Å². The molecule has 0 bridgehead atoms. The van der Waals surface area contributed by atoms with E-state index in [0.29, 0.717) is 22.6 Å². The smallest absolute Gasteiger partial charge is 0.411 e. The number of carboxylic acid groups (broad SMARTS) is 1. The Hall–Kier alpha value is -0.940. The van der Waals surface area contributed by atoms with Crippen LogP contribution < -0.4 is 0 Å². The minimum Gasteiger partial charge on any atom is -0.476 e. The van der Waals surface area contributed by atoms with Crippen LogP contribution in [0.5, 0.6) is 0 Å². The minimum atomic E-state index is -1.06. The van der Waals surface area contributed by atoms with Crippen molar-refractivity contribution in [2.75, 3.05) is 11.2 Å². The molecule has 0 aliphatic carbocycles. The molecule has 2 atom stereocenters. The molecular formula is C18H29IN2O5S. The molecule has 0 unspecified atom stereocenters. The SMILES string of the molecule is CCO[C@H](C[C@@H](C(C)C)N(CI)C(=O)OC(C)(C)C)c1nc(C(=O)O)cs1. The van der Waals surface area contributed by atoms with Gasteiger partial charge in [0.2, 0.25) is 0 Å². The van der Waals surface area contributed by atoms with Gasteiger partial charge >= 0.3 is 12.1 Å². The molecule has 0 aromatic carbocycles. The number of ether oxygens (including phenoxy) is 2. The van der Waals surface area contributed by atoms with Crippen LogP contribution in [-0.4, -0.2) is 49.9 Å². The number of aromatic nitrogens is 1. The molecule has 0 fully saturated rings. The van der Waals surface area contributed by atoms with Crippen molar-refractivity contribution in [3.63, 3.8) is 0 Å². The van der Waals surface area contributed by atoms with Crippen LogP contribution in [0.3, 0.4) is 0 Å². The molecule has 0 radical (unpaired) electrons. The highest BCUT2D eigenvalue weighted by Crippen LogP contribution is 2.31. The molecule has 1 amide bonds. The van der Waals surface area contributed by atoms with E-state index in [9.17, 15) is 9.59 Å². The first-order valence-corrected chi connectivity index (χ1v) is 11.3. The topological polar surface area (TPSA) is 89.0 Å². The highest BCUT2D eigenvalue weighted by atomic mass is 127. The first-order chi connectivity index (χ1) is 12.5. The molecule has 9 heteroatoms. The number of amides is 1. The van der Waals surface area contributed by atoms with E-state index in [1.54, 1.807) is 4.90 Å². The van der Waals surface area contributed by atoms with E-state index < -0.39 is 11.6 Å². The molecule has 1 aromatic heterocycles. The van der Waals surface area contributed by atoms with Gasteiger partial charge in [0.25, 0.3) is 0 Å². The molecule has 0 saturated carbocycles. The molecule has 0 aliphatic rings. The molecule has 1 heterocycles. The molecule has 27 heavy (non-hydrogen) atoms. The van der Waals surface area contributed by atoms with Crippen LogP contribution in [0, 0.1) is 5.92 Å². The summed E-state index contributed by atoms with van der Waals surface area (Å²) in [6, 6.07) is -0.134. The lowest BCUT2D eigenvalue weighted by Gasteiger charge is -2.36. The first-order valence-electron chi connectivity index (χ1n) is 8.86. The largest absolute Gasteiger partial charge is 0.476 e. The molecule has 1 rings (SSSR count). The Labute approximate surface area is 178 Å². The maximum atomic E-state index is 12.7. The van der Waals surface area contributed by atoms with Gasteiger partial charge in [-0.15, -0.1) is 11.3 Å². The highest BCUT2D eigenvalue weighted by Gasteiger charge is 2.33. The highest BCUT2D eigenvalue weighted by molar-refractivity contribution is 14.1. The fourth-order valence-corrected chi connectivity index (χ4v) is 4.18. The number of nitrogens with zero attached hydrogens (tertiary/aromatic N) is 2. The van der Waals surface area contributed by atoms with Gasteiger partial charge in [-0.05, 0) is 33.6 Å². The van der Waals surface area contributed by atoms with Crippen LogP contribution in [0.15, 0.2) is 5.38 Å². The summed E-state index contributed by atoms with van der Waals surface area (Å²) in [5.41, 5.74) is -0.563. The summed E-state index contributed by atoms with van der Waals surface area (Å²) in [4.78, 5) is 29.7. The van der Waals surface area contributed by atoms with Gasteiger partial charge in [0.05, 0.1) is 4.55 Å². The maximum Gasteiger partial charge on any atom is 0.411 e. The molecule has 1 N–H and O–H groups in total. The van der Waals surface area contributed by atoms with Gasteiger partial charge in [-0.2, -0.15) is 0 Å². The summed E-state index contributed by atoms with van der Waals surface area (Å²) in [5.74, 6) is -0.898. The lowest BCUT2D eigenvalue weighted by molar-refractivity contribution is -0.00171. The zero-order chi connectivity index (χ0) is 20.8. The van der Waals surface area contributed by atoms with Gasteiger partial charge in [0.15, 0.2) is 5.69 Å². The number of carbonyl (C=O) groups excluding carboxylic acids is 1. The zero-order valence-electron chi connectivity index (χ0n) is 16.7. The first kappa shape index (κ1) is 24.1. The molecule has 0 spiro atoms. The number of alkyl halides is 1. The summed E-state index contributed by atoms with van der Waals surface area (Å²) in [6.07, 6.45) is -0.232. The van der Waals surface area contributed by atoms with E-state index >= 15 is 0 Å². The van der Waals surface area contributed by atoms with E-state index in [1.165, 1.54) is 16.7 Å². The monoisotopic (exact) mass is 512 g/mol. The molecular weight excluding hydrogens is 483 g/mol. The second-order valence-corrected chi connectivity index (χ2v) is 9.01. The quantitative estimate of drug-likeness (QED) is 0.286. The number of halogens is 1. The standard InChI is InChI=1S/C18H29IN2O5S/c1-7-25-14(15-20-12(9-27-15)16(22)23)8-13(11(2)3)21(10-19)17(24)26-18(4,5)6/h9,11,13-14H,7-8,10H2,1-6H3,(H,22,23)/t13-,14+/m0/s1. The zero-order valence-corrected chi connectivity index (χ0v) is 19.7. The Bertz CT molecular complexity index is 630. The third kappa shape index (κ3) is 7.53. The summed E-state index contributed by atoms with van der Waals surface area (Å²) in [6.45, 7) is 12.0. The lowest BCUT2D eigenvalue weighted by Crippen LogP contribution is -2.45.